The standard InChI is InChI=1S/C14H15NO/c1-2-4-12-10-14(11-13(12)5-3-1)15-6-8-16-9-7-15/h1-5,10-11H,6-9H2. The first-order chi connectivity index (χ1) is 7.93. The molecule has 0 radical (unpaired) electrons. The van der Waals surface area contributed by atoms with E-state index < -0.39 is 0 Å². The van der Waals surface area contributed by atoms with Crippen molar-refractivity contribution < 1.29 is 4.74 Å². The first kappa shape index (κ1) is 9.67. The third-order valence-electron chi connectivity index (χ3n) is 3.09. The average Bonchev–Trinajstić information content (AvgIpc) is 2.62. The Morgan fingerprint density at radius 2 is 1.50 bits per heavy atom. The fourth-order valence-corrected chi connectivity index (χ4v) is 2.20. The zero-order chi connectivity index (χ0) is 10.8. The Morgan fingerprint density at radius 3 is 2.12 bits per heavy atom. The van der Waals surface area contributed by atoms with Crippen LogP contribution in [0.4, 0.5) is 5.69 Å². The lowest BCUT2D eigenvalue weighted by Gasteiger charge is -2.27. The molecule has 2 heteroatoms. The number of hydrogen-bond donors (Lipinski definition) is 0. The second kappa shape index (κ2) is 4.14. The van der Waals surface area contributed by atoms with Gasteiger partial charge in [-0.3, -0.25) is 0 Å². The van der Waals surface area contributed by atoms with Crippen LogP contribution in [0.5, 0.6) is 0 Å². The van der Waals surface area contributed by atoms with Gasteiger partial charge in [-0.1, -0.05) is 30.3 Å². The molecule has 0 N–H and O–H groups in total. The predicted molar refractivity (Wildman–Crippen MR) is 66.1 cm³/mol. The normalized spacial score (nSPS) is 16.6. The Hall–Kier alpha value is -1.54. The molecule has 0 amide bonds. The molecule has 1 heterocycles. The summed E-state index contributed by atoms with van der Waals surface area (Å²) in [6.07, 6.45) is 0. The van der Waals surface area contributed by atoms with Gasteiger partial charge < -0.3 is 9.64 Å². The lowest BCUT2D eigenvalue weighted by atomic mass is 10.2. The fourth-order valence-electron chi connectivity index (χ4n) is 2.20. The van der Waals surface area contributed by atoms with Gasteiger partial charge in [-0.2, -0.15) is 0 Å². The number of hydrogen-bond acceptors (Lipinski definition) is 2. The van der Waals surface area contributed by atoms with E-state index in [1.165, 1.54) is 16.8 Å². The van der Waals surface area contributed by atoms with E-state index in [1.807, 2.05) is 0 Å². The zero-order valence-corrected chi connectivity index (χ0v) is 9.23. The molecule has 0 saturated carbocycles. The number of morpholine rings is 1. The number of anilines is 1. The Balaban J connectivity index is 1.96. The van der Waals surface area contributed by atoms with Crippen LogP contribution in [0.3, 0.4) is 0 Å². The largest absolute Gasteiger partial charge is 0.378 e. The first-order valence-corrected chi connectivity index (χ1v) is 5.75. The van der Waals surface area contributed by atoms with Crippen LogP contribution in [0, 0.1) is 0 Å². The van der Waals surface area contributed by atoms with Crippen LogP contribution in [-0.2, 0) is 4.74 Å². The van der Waals surface area contributed by atoms with Crippen molar-refractivity contribution in [1.29, 1.82) is 0 Å². The maximum Gasteiger partial charge on any atom is 0.0642 e. The second-order valence-electron chi connectivity index (χ2n) is 4.13. The van der Waals surface area contributed by atoms with Crippen molar-refractivity contribution >= 4 is 5.69 Å². The van der Waals surface area contributed by atoms with Crippen molar-refractivity contribution in [3.63, 3.8) is 0 Å². The summed E-state index contributed by atoms with van der Waals surface area (Å²) < 4.78 is 5.37. The SMILES string of the molecule is c1ccc2cc(N3CCOCC3)cc-2cc1. The van der Waals surface area contributed by atoms with Crippen LogP contribution in [-0.4, -0.2) is 26.3 Å². The molecule has 2 nitrogen and oxygen atoms in total. The molecule has 0 spiro atoms. The van der Waals surface area contributed by atoms with E-state index in [-0.39, 0.29) is 0 Å². The Bertz CT molecular complexity index is 418. The molecule has 3 aliphatic rings. The summed E-state index contributed by atoms with van der Waals surface area (Å²) in [5.41, 5.74) is 3.95. The highest BCUT2D eigenvalue weighted by Crippen LogP contribution is 2.30. The Morgan fingerprint density at radius 1 is 0.875 bits per heavy atom. The summed E-state index contributed by atoms with van der Waals surface area (Å²) in [6.45, 7) is 3.69. The third-order valence-corrected chi connectivity index (χ3v) is 3.09. The van der Waals surface area contributed by atoms with Crippen molar-refractivity contribution in [2.75, 3.05) is 31.2 Å². The molecule has 0 bridgehead atoms. The molecule has 1 fully saturated rings. The van der Waals surface area contributed by atoms with Crippen molar-refractivity contribution in [3.05, 3.63) is 42.5 Å². The van der Waals surface area contributed by atoms with Gasteiger partial charge in [0.25, 0.3) is 0 Å². The Kier molecular flexibility index (Phi) is 2.50. The maximum atomic E-state index is 5.37. The summed E-state index contributed by atoms with van der Waals surface area (Å²) >= 11 is 0. The summed E-state index contributed by atoms with van der Waals surface area (Å²) in [7, 11) is 0. The van der Waals surface area contributed by atoms with Crippen molar-refractivity contribution in [2.45, 2.75) is 0 Å². The van der Waals surface area contributed by atoms with Gasteiger partial charge in [0.05, 0.1) is 13.2 Å². The van der Waals surface area contributed by atoms with Gasteiger partial charge in [-0.25, -0.2) is 0 Å². The van der Waals surface area contributed by atoms with E-state index in [0.717, 1.165) is 26.3 Å². The highest BCUT2D eigenvalue weighted by Gasteiger charge is 2.14. The molecule has 2 aliphatic carbocycles. The summed E-state index contributed by atoms with van der Waals surface area (Å²) in [6, 6.07) is 15.1. The topological polar surface area (TPSA) is 12.5 Å². The van der Waals surface area contributed by atoms with Gasteiger partial charge in [0.1, 0.15) is 0 Å². The van der Waals surface area contributed by atoms with Crippen molar-refractivity contribution in [2.24, 2.45) is 0 Å². The molecule has 3 rings (SSSR count). The molecular weight excluding hydrogens is 198 g/mol. The maximum absolute atomic E-state index is 5.37. The van der Waals surface area contributed by atoms with Crippen LogP contribution in [0.15, 0.2) is 42.5 Å². The van der Waals surface area contributed by atoms with Gasteiger partial charge in [0.2, 0.25) is 0 Å². The minimum Gasteiger partial charge on any atom is -0.378 e. The van der Waals surface area contributed by atoms with E-state index >= 15 is 0 Å². The van der Waals surface area contributed by atoms with Gasteiger partial charge >= 0.3 is 0 Å². The number of nitrogens with zero attached hydrogens (tertiary/aromatic N) is 1. The summed E-state index contributed by atoms with van der Waals surface area (Å²) in [4.78, 5) is 2.39. The van der Waals surface area contributed by atoms with Crippen LogP contribution < -0.4 is 4.90 Å². The second-order valence-corrected chi connectivity index (χ2v) is 4.13. The van der Waals surface area contributed by atoms with E-state index in [2.05, 4.69) is 47.4 Å². The van der Waals surface area contributed by atoms with E-state index in [9.17, 15) is 0 Å². The minimum absolute atomic E-state index is 0.843. The molecule has 82 valence electrons. The smallest absolute Gasteiger partial charge is 0.0642 e. The van der Waals surface area contributed by atoms with Crippen LogP contribution in [0.1, 0.15) is 0 Å². The molecule has 16 heavy (non-hydrogen) atoms. The highest BCUT2D eigenvalue weighted by molar-refractivity contribution is 5.75. The van der Waals surface area contributed by atoms with Crippen LogP contribution >= 0.6 is 0 Å². The van der Waals surface area contributed by atoms with Gasteiger partial charge in [0, 0.05) is 18.8 Å². The summed E-state index contributed by atoms with van der Waals surface area (Å²) in [5, 5.41) is 0. The van der Waals surface area contributed by atoms with Crippen molar-refractivity contribution in [1.82, 2.24) is 0 Å². The van der Waals surface area contributed by atoms with Gasteiger partial charge in [-0.05, 0) is 23.3 Å². The molecule has 1 aliphatic heterocycles. The number of rotatable bonds is 1. The molecule has 1 saturated heterocycles. The van der Waals surface area contributed by atoms with E-state index in [0.29, 0.717) is 0 Å². The molecule has 0 unspecified atom stereocenters. The zero-order valence-electron chi connectivity index (χ0n) is 9.23. The minimum atomic E-state index is 0.843. The molecule has 0 aromatic carbocycles. The first-order valence-electron chi connectivity index (χ1n) is 5.75. The Labute approximate surface area is 95.8 Å². The van der Waals surface area contributed by atoms with E-state index in [4.69, 9.17) is 4.74 Å². The quantitative estimate of drug-likeness (QED) is 0.722. The number of fused-ring (bicyclic) bond motifs is 1. The number of ether oxygens (including phenoxy) is 1. The van der Waals surface area contributed by atoms with Crippen molar-refractivity contribution in [3.8, 4) is 11.1 Å². The fraction of sp³-hybridized carbons (Fsp3) is 0.286. The molecule has 0 aromatic rings. The highest BCUT2D eigenvalue weighted by atomic mass is 16.5. The summed E-state index contributed by atoms with van der Waals surface area (Å²) in [5.74, 6) is 0. The third kappa shape index (κ3) is 1.76. The molecule has 0 aromatic heterocycles. The average molecular weight is 213 g/mol. The van der Waals surface area contributed by atoms with Crippen LogP contribution in [0.25, 0.3) is 11.1 Å². The van der Waals surface area contributed by atoms with E-state index in [1.54, 1.807) is 0 Å². The molecule has 0 atom stereocenters. The monoisotopic (exact) mass is 213 g/mol. The van der Waals surface area contributed by atoms with Gasteiger partial charge in [0.15, 0.2) is 0 Å². The lowest BCUT2D eigenvalue weighted by molar-refractivity contribution is 0.122. The lowest BCUT2D eigenvalue weighted by Crippen LogP contribution is -2.35. The van der Waals surface area contributed by atoms with Crippen LogP contribution in [0.2, 0.25) is 0 Å². The molecular formula is C14H15NO. The van der Waals surface area contributed by atoms with Gasteiger partial charge in [-0.15, -0.1) is 0 Å². The predicted octanol–water partition coefficient (Wildman–Crippen LogP) is 2.63.